The van der Waals surface area contributed by atoms with Crippen LogP contribution in [-0.4, -0.2) is 36.9 Å². The molecular formula is C18H26ClNO2. The largest absolute Gasteiger partial charge is 0.465 e. The van der Waals surface area contributed by atoms with Crippen molar-refractivity contribution in [3.05, 3.63) is 29.3 Å². The summed E-state index contributed by atoms with van der Waals surface area (Å²) in [4.78, 5) is 2.57. The highest BCUT2D eigenvalue weighted by Gasteiger charge is 2.38. The molecule has 0 saturated carbocycles. The summed E-state index contributed by atoms with van der Waals surface area (Å²) in [6.45, 7) is 2.91. The van der Waals surface area contributed by atoms with E-state index in [2.05, 4.69) is 18.9 Å². The fraction of sp³-hybridized carbons (Fsp3) is 0.667. The van der Waals surface area contributed by atoms with Crippen LogP contribution in [0.15, 0.2) is 24.3 Å². The Bertz CT molecular complexity index is 464. The van der Waals surface area contributed by atoms with Crippen molar-refractivity contribution in [2.45, 2.75) is 57.4 Å². The van der Waals surface area contributed by atoms with Crippen LogP contribution in [-0.2, 0) is 4.74 Å². The molecule has 1 aromatic rings. The van der Waals surface area contributed by atoms with Gasteiger partial charge in [0, 0.05) is 23.5 Å². The molecule has 2 unspecified atom stereocenters. The number of rotatable bonds is 6. The number of fused-ring (bicyclic) bond motifs is 2. The molecule has 0 N–H and O–H groups in total. The fourth-order valence-electron chi connectivity index (χ4n) is 3.80. The van der Waals surface area contributed by atoms with Gasteiger partial charge in [-0.3, -0.25) is 0 Å². The normalized spacial score (nSPS) is 29.5. The molecule has 4 heteroatoms. The van der Waals surface area contributed by atoms with Gasteiger partial charge in [-0.2, -0.15) is 0 Å². The van der Waals surface area contributed by atoms with Crippen molar-refractivity contribution in [1.82, 2.24) is 4.90 Å². The predicted molar refractivity (Wildman–Crippen MR) is 89.4 cm³/mol. The van der Waals surface area contributed by atoms with Crippen LogP contribution >= 0.6 is 11.6 Å². The average Bonchev–Trinajstić information content (AvgIpc) is 2.75. The topological polar surface area (TPSA) is 21.7 Å². The molecule has 122 valence electrons. The van der Waals surface area contributed by atoms with E-state index in [1.807, 2.05) is 24.3 Å². The van der Waals surface area contributed by atoms with Gasteiger partial charge in [-0.15, -0.1) is 0 Å². The zero-order valence-electron chi connectivity index (χ0n) is 13.5. The Kier molecular flexibility index (Phi) is 5.27. The van der Waals surface area contributed by atoms with Crippen LogP contribution in [0.5, 0.6) is 5.75 Å². The molecule has 1 aromatic carbocycles. The lowest BCUT2D eigenvalue weighted by Gasteiger charge is -2.36. The van der Waals surface area contributed by atoms with Crippen molar-refractivity contribution in [1.29, 1.82) is 0 Å². The van der Waals surface area contributed by atoms with E-state index >= 15 is 0 Å². The Labute approximate surface area is 138 Å². The first kappa shape index (κ1) is 16.1. The molecule has 0 aromatic heterocycles. The van der Waals surface area contributed by atoms with Crippen molar-refractivity contribution >= 4 is 11.6 Å². The molecule has 2 fully saturated rings. The monoisotopic (exact) mass is 323 g/mol. The number of hydrogen-bond acceptors (Lipinski definition) is 3. The lowest BCUT2D eigenvalue weighted by Crippen LogP contribution is -2.41. The minimum atomic E-state index is -0.168. The smallest absolute Gasteiger partial charge is 0.199 e. The summed E-state index contributed by atoms with van der Waals surface area (Å²) in [6, 6.07) is 9.01. The number of hydrogen-bond donors (Lipinski definition) is 0. The van der Waals surface area contributed by atoms with Gasteiger partial charge in [-0.1, -0.05) is 18.5 Å². The molecule has 2 saturated heterocycles. The summed E-state index contributed by atoms with van der Waals surface area (Å²) in [5.41, 5.74) is 0. The maximum Gasteiger partial charge on any atom is 0.199 e. The molecule has 3 nitrogen and oxygen atoms in total. The predicted octanol–water partition coefficient (Wildman–Crippen LogP) is 4.34. The third kappa shape index (κ3) is 3.76. The Balaban J connectivity index is 1.48. The van der Waals surface area contributed by atoms with E-state index in [9.17, 15) is 0 Å². The van der Waals surface area contributed by atoms with Crippen LogP contribution in [0.2, 0.25) is 5.02 Å². The third-order valence-corrected chi connectivity index (χ3v) is 5.38. The van der Waals surface area contributed by atoms with E-state index < -0.39 is 0 Å². The van der Waals surface area contributed by atoms with E-state index in [1.165, 1.54) is 25.7 Å². The summed E-state index contributed by atoms with van der Waals surface area (Å²) in [5.74, 6) is 1.50. The summed E-state index contributed by atoms with van der Waals surface area (Å²) in [7, 11) is 2.28. The van der Waals surface area contributed by atoms with Crippen molar-refractivity contribution in [2.75, 3.05) is 13.7 Å². The number of benzene rings is 1. The molecule has 22 heavy (non-hydrogen) atoms. The van der Waals surface area contributed by atoms with Gasteiger partial charge >= 0.3 is 0 Å². The number of ether oxygens (including phenoxy) is 2. The maximum atomic E-state index is 6.05. The highest BCUT2D eigenvalue weighted by atomic mass is 35.5. The van der Waals surface area contributed by atoms with Gasteiger partial charge in [-0.25, -0.2) is 0 Å². The van der Waals surface area contributed by atoms with E-state index in [0.717, 1.165) is 35.9 Å². The van der Waals surface area contributed by atoms with E-state index in [0.29, 0.717) is 5.92 Å². The van der Waals surface area contributed by atoms with Crippen LogP contribution in [0, 0.1) is 5.92 Å². The molecule has 2 bridgehead atoms. The van der Waals surface area contributed by atoms with E-state index in [1.54, 1.807) is 0 Å². The maximum absolute atomic E-state index is 6.05. The Morgan fingerprint density at radius 1 is 1.18 bits per heavy atom. The molecule has 2 aliphatic rings. The highest BCUT2D eigenvalue weighted by molar-refractivity contribution is 6.30. The summed E-state index contributed by atoms with van der Waals surface area (Å²) >= 11 is 5.90. The van der Waals surface area contributed by atoms with Gasteiger partial charge in [-0.05, 0) is 62.9 Å². The van der Waals surface area contributed by atoms with Crippen LogP contribution in [0.25, 0.3) is 0 Å². The molecule has 0 amide bonds. The number of nitrogens with zero attached hydrogens (tertiary/aromatic N) is 1. The first-order valence-electron chi connectivity index (χ1n) is 8.41. The van der Waals surface area contributed by atoms with Gasteiger partial charge < -0.3 is 14.4 Å². The molecule has 0 radical (unpaired) electrons. The second-order valence-electron chi connectivity index (χ2n) is 6.63. The van der Waals surface area contributed by atoms with Crippen LogP contribution in [0.3, 0.4) is 0 Å². The summed E-state index contributed by atoms with van der Waals surface area (Å²) in [6.07, 6.45) is 5.93. The SMILES string of the molecule is CCC(OCC1C[C@H]2CC[C@@H](C1)N2C)Oc1ccc(Cl)cc1. The molecule has 4 atom stereocenters. The van der Waals surface area contributed by atoms with E-state index in [4.69, 9.17) is 21.1 Å². The van der Waals surface area contributed by atoms with Gasteiger partial charge in [0.1, 0.15) is 5.75 Å². The van der Waals surface area contributed by atoms with Crippen LogP contribution in [0.4, 0.5) is 0 Å². The number of piperidine rings is 1. The first-order chi connectivity index (χ1) is 10.7. The summed E-state index contributed by atoms with van der Waals surface area (Å²) in [5, 5.41) is 0.725. The second-order valence-corrected chi connectivity index (χ2v) is 7.07. The Morgan fingerprint density at radius 2 is 1.82 bits per heavy atom. The van der Waals surface area contributed by atoms with Crippen molar-refractivity contribution in [3.8, 4) is 5.75 Å². The lowest BCUT2D eigenvalue weighted by molar-refractivity contribution is -0.100. The third-order valence-electron chi connectivity index (χ3n) is 5.13. The van der Waals surface area contributed by atoms with Gasteiger partial charge in [0.05, 0.1) is 6.61 Å². The average molecular weight is 324 g/mol. The summed E-state index contributed by atoms with van der Waals surface area (Å²) < 4.78 is 12.0. The molecule has 2 aliphatic heterocycles. The van der Waals surface area contributed by atoms with Gasteiger partial charge in [0.2, 0.25) is 0 Å². The standard InChI is InChI=1S/C18H26ClNO2/c1-3-18(22-17-8-4-14(19)5-9-17)21-12-13-10-15-6-7-16(11-13)20(15)2/h4-5,8-9,13,15-16,18H,3,6-7,10-12H2,1-2H3/t13?,15-,16+,18?. The first-order valence-corrected chi connectivity index (χ1v) is 8.79. The quantitative estimate of drug-likeness (QED) is 0.727. The molecule has 0 spiro atoms. The Morgan fingerprint density at radius 3 is 2.41 bits per heavy atom. The minimum Gasteiger partial charge on any atom is -0.465 e. The second kappa shape index (κ2) is 7.20. The van der Waals surface area contributed by atoms with Crippen molar-refractivity contribution < 1.29 is 9.47 Å². The molecule has 3 rings (SSSR count). The zero-order chi connectivity index (χ0) is 15.5. The van der Waals surface area contributed by atoms with Gasteiger partial charge in [0.25, 0.3) is 0 Å². The van der Waals surface area contributed by atoms with Crippen molar-refractivity contribution in [3.63, 3.8) is 0 Å². The van der Waals surface area contributed by atoms with Crippen LogP contribution in [0.1, 0.15) is 39.0 Å². The number of halogens is 1. The highest BCUT2D eigenvalue weighted by Crippen LogP contribution is 2.37. The van der Waals surface area contributed by atoms with Crippen molar-refractivity contribution in [2.24, 2.45) is 5.92 Å². The zero-order valence-corrected chi connectivity index (χ0v) is 14.3. The molecular weight excluding hydrogens is 298 g/mol. The molecule has 2 heterocycles. The van der Waals surface area contributed by atoms with Gasteiger partial charge in [0.15, 0.2) is 6.29 Å². The fourth-order valence-corrected chi connectivity index (χ4v) is 3.93. The van der Waals surface area contributed by atoms with E-state index in [-0.39, 0.29) is 6.29 Å². The minimum absolute atomic E-state index is 0.168. The Hall–Kier alpha value is -0.770. The molecule has 0 aliphatic carbocycles. The van der Waals surface area contributed by atoms with Crippen LogP contribution < -0.4 is 4.74 Å². The lowest BCUT2D eigenvalue weighted by atomic mass is 9.92.